The van der Waals surface area contributed by atoms with E-state index in [1.165, 1.54) is 25.7 Å². The van der Waals surface area contributed by atoms with Crippen LogP contribution < -0.4 is 5.73 Å². The highest BCUT2D eigenvalue weighted by atomic mass is 32.3. The molecule has 0 heterocycles. The minimum atomic E-state index is -4.67. The van der Waals surface area contributed by atoms with Gasteiger partial charge in [-0.25, -0.2) is 0 Å². The van der Waals surface area contributed by atoms with Crippen molar-refractivity contribution in [1.82, 2.24) is 0 Å². The minimum Gasteiger partial charge on any atom is -0.328 e. The third kappa shape index (κ3) is 13.6. The molecule has 0 saturated carbocycles. The molecule has 1 aliphatic rings. The van der Waals surface area contributed by atoms with Crippen molar-refractivity contribution in [3.8, 4) is 0 Å². The van der Waals surface area contributed by atoms with Gasteiger partial charge >= 0.3 is 10.4 Å². The summed E-state index contributed by atoms with van der Waals surface area (Å²) in [5.74, 6) is 0. The van der Waals surface area contributed by atoms with Gasteiger partial charge in [0.1, 0.15) is 0 Å². The Morgan fingerprint density at radius 3 is 2.33 bits per heavy atom. The van der Waals surface area contributed by atoms with Gasteiger partial charge in [0.15, 0.2) is 0 Å². The molecular formula is C9H19NO4S. The smallest absolute Gasteiger partial charge is 0.328 e. The van der Waals surface area contributed by atoms with Crippen LogP contribution in [0.4, 0.5) is 0 Å². The van der Waals surface area contributed by atoms with Crippen LogP contribution in [0.2, 0.25) is 0 Å². The Bertz CT molecular complexity index is 287. The van der Waals surface area contributed by atoms with Gasteiger partial charge in [-0.15, -0.1) is 0 Å². The van der Waals surface area contributed by atoms with Crippen molar-refractivity contribution >= 4 is 10.4 Å². The second-order valence-electron chi connectivity index (χ2n) is 3.74. The van der Waals surface area contributed by atoms with Crippen LogP contribution in [0.5, 0.6) is 0 Å². The van der Waals surface area contributed by atoms with Gasteiger partial charge in [0.2, 0.25) is 0 Å². The monoisotopic (exact) mass is 237 g/mol. The van der Waals surface area contributed by atoms with E-state index in [-0.39, 0.29) is 0 Å². The van der Waals surface area contributed by atoms with Crippen molar-refractivity contribution in [3.63, 3.8) is 0 Å². The highest BCUT2D eigenvalue weighted by molar-refractivity contribution is 7.79. The lowest BCUT2D eigenvalue weighted by Crippen LogP contribution is -2.15. The summed E-state index contributed by atoms with van der Waals surface area (Å²) in [6.45, 7) is 2.08. The molecule has 0 aromatic carbocycles. The average Bonchev–Trinajstić information content (AvgIpc) is 2.01. The molecule has 15 heavy (non-hydrogen) atoms. The van der Waals surface area contributed by atoms with Crippen LogP contribution in [0.15, 0.2) is 11.6 Å². The number of hydrogen-bond acceptors (Lipinski definition) is 3. The molecule has 1 unspecified atom stereocenters. The van der Waals surface area contributed by atoms with Crippen LogP contribution >= 0.6 is 0 Å². The standard InChI is InChI=1S/C9H17N.H2O4S/c1-8(10)7-9-5-3-2-4-6-9;1-5(2,3)4/h5,8H,2-4,6-7,10H2,1H3;(H2,1,2,3,4). The van der Waals surface area contributed by atoms with E-state index < -0.39 is 10.4 Å². The van der Waals surface area contributed by atoms with Crippen LogP contribution in [-0.4, -0.2) is 23.6 Å². The van der Waals surface area contributed by atoms with Gasteiger partial charge in [0.25, 0.3) is 0 Å². The Balaban J connectivity index is 0.000000336. The third-order valence-electron chi connectivity index (χ3n) is 1.97. The predicted molar refractivity (Wildman–Crippen MR) is 59.0 cm³/mol. The molecule has 0 bridgehead atoms. The van der Waals surface area contributed by atoms with Crippen LogP contribution in [0.25, 0.3) is 0 Å². The summed E-state index contributed by atoms with van der Waals surface area (Å²) in [7, 11) is -4.67. The quantitative estimate of drug-likeness (QED) is 0.500. The van der Waals surface area contributed by atoms with E-state index in [1.54, 1.807) is 5.57 Å². The average molecular weight is 237 g/mol. The molecule has 0 fully saturated rings. The van der Waals surface area contributed by atoms with Crippen molar-refractivity contribution in [3.05, 3.63) is 11.6 Å². The summed E-state index contributed by atoms with van der Waals surface area (Å²) in [6, 6.07) is 0.351. The molecule has 0 aromatic heterocycles. The zero-order chi connectivity index (χ0) is 11.9. The maximum absolute atomic E-state index is 8.74. The summed E-state index contributed by atoms with van der Waals surface area (Å²) < 4.78 is 31.6. The Morgan fingerprint density at radius 2 is 2.00 bits per heavy atom. The summed E-state index contributed by atoms with van der Waals surface area (Å²) in [5.41, 5.74) is 7.27. The SMILES string of the molecule is CC(N)CC1=CCCCC1.O=S(=O)(O)O. The second-order valence-corrected chi connectivity index (χ2v) is 4.63. The van der Waals surface area contributed by atoms with E-state index in [1.807, 2.05) is 0 Å². The maximum Gasteiger partial charge on any atom is 0.394 e. The van der Waals surface area contributed by atoms with Crippen molar-refractivity contribution in [2.45, 2.75) is 45.1 Å². The first kappa shape index (κ1) is 14.6. The van der Waals surface area contributed by atoms with Crippen molar-refractivity contribution in [2.24, 2.45) is 5.73 Å². The van der Waals surface area contributed by atoms with Gasteiger partial charge in [-0.1, -0.05) is 11.6 Å². The first-order chi connectivity index (χ1) is 6.79. The van der Waals surface area contributed by atoms with Crippen LogP contribution in [0.3, 0.4) is 0 Å². The van der Waals surface area contributed by atoms with Gasteiger partial charge in [-0.05, 0) is 39.0 Å². The zero-order valence-corrected chi connectivity index (χ0v) is 9.70. The van der Waals surface area contributed by atoms with Crippen LogP contribution in [0.1, 0.15) is 39.0 Å². The van der Waals surface area contributed by atoms with Gasteiger partial charge in [-0.3, -0.25) is 9.11 Å². The Hall–Kier alpha value is -0.430. The molecule has 0 aromatic rings. The normalized spacial score (nSPS) is 18.5. The molecule has 4 N–H and O–H groups in total. The molecule has 0 aliphatic heterocycles. The Kier molecular flexibility index (Phi) is 6.75. The van der Waals surface area contributed by atoms with E-state index in [2.05, 4.69) is 13.0 Å². The third-order valence-corrected chi connectivity index (χ3v) is 1.97. The van der Waals surface area contributed by atoms with Gasteiger partial charge in [0.05, 0.1) is 0 Å². The van der Waals surface area contributed by atoms with E-state index >= 15 is 0 Å². The lowest BCUT2D eigenvalue weighted by atomic mass is 9.95. The number of rotatable bonds is 2. The predicted octanol–water partition coefficient (Wildman–Crippen LogP) is 1.57. The topological polar surface area (TPSA) is 101 Å². The fourth-order valence-electron chi connectivity index (χ4n) is 1.50. The minimum absolute atomic E-state index is 0.351. The van der Waals surface area contributed by atoms with E-state index in [0.29, 0.717) is 6.04 Å². The zero-order valence-electron chi connectivity index (χ0n) is 8.89. The van der Waals surface area contributed by atoms with E-state index in [4.69, 9.17) is 23.3 Å². The molecule has 0 amide bonds. The molecular weight excluding hydrogens is 218 g/mol. The van der Waals surface area contributed by atoms with Crippen molar-refractivity contribution < 1.29 is 17.5 Å². The number of nitrogens with two attached hydrogens (primary N) is 1. The lowest BCUT2D eigenvalue weighted by molar-refractivity contribution is 0.381. The molecule has 0 saturated heterocycles. The van der Waals surface area contributed by atoms with Crippen LogP contribution in [-0.2, 0) is 10.4 Å². The number of allylic oxidation sites excluding steroid dienone is 1. The molecule has 0 spiro atoms. The number of hydrogen-bond donors (Lipinski definition) is 3. The van der Waals surface area contributed by atoms with Gasteiger partial charge in [-0.2, -0.15) is 8.42 Å². The molecule has 90 valence electrons. The molecule has 1 atom stereocenters. The highest BCUT2D eigenvalue weighted by Gasteiger charge is 2.04. The van der Waals surface area contributed by atoms with Crippen molar-refractivity contribution in [2.75, 3.05) is 0 Å². The molecule has 6 heteroatoms. The maximum atomic E-state index is 8.74. The largest absolute Gasteiger partial charge is 0.394 e. The Labute approximate surface area is 90.9 Å². The van der Waals surface area contributed by atoms with Gasteiger partial charge in [0, 0.05) is 6.04 Å². The molecule has 0 radical (unpaired) electrons. The van der Waals surface area contributed by atoms with E-state index in [9.17, 15) is 0 Å². The summed E-state index contributed by atoms with van der Waals surface area (Å²) >= 11 is 0. The first-order valence-electron chi connectivity index (χ1n) is 4.92. The first-order valence-corrected chi connectivity index (χ1v) is 6.32. The second kappa shape index (κ2) is 6.95. The highest BCUT2D eigenvalue weighted by Crippen LogP contribution is 2.20. The summed E-state index contributed by atoms with van der Waals surface area (Å²) in [4.78, 5) is 0. The summed E-state index contributed by atoms with van der Waals surface area (Å²) in [6.07, 6.45) is 8.80. The Morgan fingerprint density at radius 1 is 1.47 bits per heavy atom. The molecule has 1 aliphatic carbocycles. The van der Waals surface area contributed by atoms with Gasteiger partial charge < -0.3 is 5.73 Å². The summed E-state index contributed by atoms with van der Waals surface area (Å²) in [5, 5.41) is 0. The van der Waals surface area contributed by atoms with Crippen LogP contribution in [0, 0.1) is 0 Å². The van der Waals surface area contributed by atoms with Crippen molar-refractivity contribution in [1.29, 1.82) is 0 Å². The fourth-order valence-corrected chi connectivity index (χ4v) is 1.50. The van der Waals surface area contributed by atoms with E-state index in [0.717, 1.165) is 6.42 Å². The molecule has 5 nitrogen and oxygen atoms in total. The fraction of sp³-hybridized carbons (Fsp3) is 0.778. The molecule has 1 rings (SSSR count). The lowest BCUT2D eigenvalue weighted by Gasteiger charge is -2.13.